The minimum atomic E-state index is -4.44. The van der Waals surface area contributed by atoms with Crippen LogP contribution in [0.1, 0.15) is 29.0 Å². The Morgan fingerprint density at radius 2 is 1.87 bits per heavy atom. The number of amides is 1. The number of alkyl halides is 3. The zero-order valence-electron chi connectivity index (χ0n) is 17.3. The summed E-state index contributed by atoms with van der Waals surface area (Å²) in [6, 6.07) is 13.0. The molecule has 1 atom stereocenters. The van der Waals surface area contributed by atoms with Crippen LogP contribution in [0, 0.1) is 0 Å². The predicted molar refractivity (Wildman–Crippen MR) is 112 cm³/mol. The molecule has 1 heterocycles. The zero-order valence-corrected chi connectivity index (χ0v) is 17.3. The highest BCUT2D eigenvalue weighted by atomic mass is 19.4. The fourth-order valence-electron chi connectivity index (χ4n) is 3.67. The second-order valence-electron chi connectivity index (χ2n) is 7.75. The fraction of sp³-hybridized carbons (Fsp3) is 0.348. The van der Waals surface area contributed by atoms with Gasteiger partial charge in [0.1, 0.15) is 0 Å². The molecule has 0 bridgehead atoms. The third kappa shape index (κ3) is 5.02. The number of carbonyl (C=O) groups excluding carboxylic acids is 1. The van der Waals surface area contributed by atoms with E-state index in [4.69, 9.17) is 0 Å². The summed E-state index contributed by atoms with van der Waals surface area (Å²) in [4.78, 5) is 14.6. The Morgan fingerprint density at radius 1 is 1.13 bits per heavy atom. The van der Waals surface area contributed by atoms with Crippen LogP contribution in [0.15, 0.2) is 54.7 Å². The first-order chi connectivity index (χ1) is 14.2. The van der Waals surface area contributed by atoms with Crippen molar-refractivity contribution in [2.45, 2.75) is 18.5 Å². The molecule has 0 aliphatic carbocycles. The third-order valence-corrected chi connectivity index (χ3v) is 5.19. The summed E-state index contributed by atoms with van der Waals surface area (Å²) in [6.45, 7) is 1.17. The molecule has 160 valence electrons. The number of nitrogens with zero attached hydrogens (tertiary/aromatic N) is 2. The molecular formula is C23H26F3N3O. The summed E-state index contributed by atoms with van der Waals surface area (Å²) in [5, 5.41) is 3.81. The number of likely N-dealkylation sites (N-methyl/N-ethyl adjacent to an activating group) is 1. The number of hydrogen-bond acceptors (Lipinski definition) is 2. The van der Waals surface area contributed by atoms with Gasteiger partial charge < -0.3 is 14.8 Å². The topological polar surface area (TPSA) is 37.3 Å². The van der Waals surface area contributed by atoms with Crippen LogP contribution in [0.25, 0.3) is 10.9 Å². The van der Waals surface area contributed by atoms with Gasteiger partial charge >= 0.3 is 6.18 Å². The van der Waals surface area contributed by atoms with E-state index in [-0.39, 0.29) is 12.3 Å². The Morgan fingerprint density at radius 3 is 2.57 bits per heavy atom. The van der Waals surface area contributed by atoms with Gasteiger partial charge in [-0.3, -0.25) is 4.79 Å². The van der Waals surface area contributed by atoms with E-state index in [0.29, 0.717) is 18.7 Å². The van der Waals surface area contributed by atoms with Crippen molar-refractivity contribution in [1.82, 2.24) is 14.8 Å². The molecule has 4 nitrogen and oxygen atoms in total. The summed E-state index contributed by atoms with van der Waals surface area (Å²) < 4.78 is 41.9. The molecule has 0 radical (unpaired) electrons. The number of aromatic nitrogens is 1. The van der Waals surface area contributed by atoms with Crippen molar-refractivity contribution >= 4 is 16.8 Å². The molecule has 3 aromatic rings. The normalized spacial score (nSPS) is 13.0. The number of rotatable bonds is 7. The Hall–Kier alpha value is -2.80. The monoisotopic (exact) mass is 417 g/mol. The number of hydrogen-bond donors (Lipinski definition) is 1. The highest BCUT2D eigenvalue weighted by Crippen LogP contribution is 2.37. The lowest BCUT2D eigenvalue weighted by Crippen LogP contribution is -2.32. The molecule has 1 aromatic heterocycles. The maximum absolute atomic E-state index is 13.3. The van der Waals surface area contributed by atoms with Crippen LogP contribution in [0.5, 0.6) is 0 Å². The lowest BCUT2D eigenvalue weighted by molar-refractivity contribution is -0.137. The van der Waals surface area contributed by atoms with Crippen LogP contribution in [-0.2, 0) is 18.0 Å². The van der Waals surface area contributed by atoms with Crippen LogP contribution in [-0.4, -0.2) is 42.6 Å². The van der Waals surface area contributed by atoms with Gasteiger partial charge in [-0.1, -0.05) is 36.4 Å². The van der Waals surface area contributed by atoms with Crippen molar-refractivity contribution in [3.05, 3.63) is 71.4 Å². The van der Waals surface area contributed by atoms with E-state index in [1.165, 1.54) is 6.07 Å². The van der Waals surface area contributed by atoms with Crippen molar-refractivity contribution in [3.63, 3.8) is 0 Å². The molecule has 0 fully saturated rings. The van der Waals surface area contributed by atoms with Gasteiger partial charge in [-0.2, -0.15) is 13.2 Å². The van der Waals surface area contributed by atoms with Gasteiger partial charge in [-0.05, 0) is 37.4 Å². The quantitative estimate of drug-likeness (QED) is 0.619. The Kier molecular flexibility index (Phi) is 6.51. The Labute approximate surface area is 174 Å². The van der Waals surface area contributed by atoms with E-state index in [1.807, 2.05) is 61.1 Å². The molecule has 0 aliphatic rings. The average molecular weight is 417 g/mol. The molecule has 1 amide bonds. The summed E-state index contributed by atoms with van der Waals surface area (Å²) >= 11 is 0. The molecule has 3 rings (SSSR count). The molecular weight excluding hydrogens is 391 g/mol. The number of benzene rings is 2. The summed E-state index contributed by atoms with van der Waals surface area (Å²) in [6.07, 6.45) is -2.46. The Balaban J connectivity index is 2.00. The lowest BCUT2D eigenvalue weighted by Gasteiger charge is -2.19. The smallest absolute Gasteiger partial charge is 0.355 e. The van der Waals surface area contributed by atoms with Crippen LogP contribution < -0.4 is 5.32 Å². The first-order valence-electron chi connectivity index (χ1n) is 9.79. The van der Waals surface area contributed by atoms with E-state index >= 15 is 0 Å². The van der Waals surface area contributed by atoms with Crippen LogP contribution in [0.3, 0.4) is 0 Å². The van der Waals surface area contributed by atoms with Gasteiger partial charge in [0.2, 0.25) is 5.91 Å². The van der Waals surface area contributed by atoms with Gasteiger partial charge in [-0.25, -0.2) is 0 Å². The van der Waals surface area contributed by atoms with Crippen molar-refractivity contribution in [2.75, 3.05) is 27.2 Å². The first kappa shape index (κ1) is 21.9. The number of carbonyl (C=O) groups is 1. The second-order valence-corrected chi connectivity index (χ2v) is 7.75. The van der Waals surface area contributed by atoms with Crippen molar-refractivity contribution < 1.29 is 18.0 Å². The molecule has 0 saturated carbocycles. The van der Waals surface area contributed by atoms with E-state index in [9.17, 15) is 18.0 Å². The second kappa shape index (κ2) is 8.92. The van der Waals surface area contributed by atoms with Gasteiger partial charge in [0.15, 0.2) is 0 Å². The summed E-state index contributed by atoms with van der Waals surface area (Å²) in [5.74, 6) is -0.676. The maximum atomic E-state index is 13.3. The summed E-state index contributed by atoms with van der Waals surface area (Å²) in [5.41, 5.74) is 1.58. The van der Waals surface area contributed by atoms with Crippen molar-refractivity contribution in [2.24, 2.45) is 7.05 Å². The fourth-order valence-corrected chi connectivity index (χ4v) is 3.67. The lowest BCUT2D eigenvalue weighted by atomic mass is 9.87. The predicted octanol–water partition coefficient (Wildman–Crippen LogP) is 4.40. The molecule has 1 unspecified atom stereocenters. The number of fused-ring (bicyclic) bond motifs is 1. The van der Waals surface area contributed by atoms with E-state index in [1.54, 1.807) is 6.07 Å². The van der Waals surface area contributed by atoms with Gasteiger partial charge in [0.25, 0.3) is 0 Å². The van der Waals surface area contributed by atoms with Gasteiger partial charge in [0.05, 0.1) is 5.56 Å². The molecule has 1 N–H and O–H groups in total. The minimum absolute atomic E-state index is 0.0722. The minimum Gasteiger partial charge on any atom is -0.355 e. The SMILES string of the molecule is CN(C)CCNC(=O)CC(c1cccc(C(F)(F)F)c1)c1cn(C)c2ccccc12. The average Bonchev–Trinajstić information content (AvgIpc) is 3.02. The van der Waals surface area contributed by atoms with Gasteiger partial charge in [-0.15, -0.1) is 0 Å². The van der Waals surface area contributed by atoms with Crippen LogP contribution >= 0.6 is 0 Å². The van der Waals surface area contributed by atoms with Crippen LogP contribution in [0.4, 0.5) is 13.2 Å². The highest BCUT2D eigenvalue weighted by Gasteiger charge is 2.32. The Bertz CT molecular complexity index is 1020. The van der Waals surface area contributed by atoms with Crippen LogP contribution in [0.2, 0.25) is 0 Å². The number of para-hydroxylation sites is 1. The van der Waals surface area contributed by atoms with Crippen molar-refractivity contribution in [1.29, 1.82) is 0 Å². The highest BCUT2D eigenvalue weighted by molar-refractivity contribution is 5.86. The summed E-state index contributed by atoms with van der Waals surface area (Å²) in [7, 11) is 5.72. The van der Waals surface area contributed by atoms with Crippen molar-refractivity contribution in [3.8, 4) is 0 Å². The number of halogens is 3. The van der Waals surface area contributed by atoms with E-state index in [2.05, 4.69) is 5.32 Å². The first-order valence-corrected chi connectivity index (χ1v) is 9.79. The molecule has 0 spiro atoms. The molecule has 2 aromatic carbocycles. The molecule has 30 heavy (non-hydrogen) atoms. The van der Waals surface area contributed by atoms with Gasteiger partial charge in [0, 0.05) is 49.6 Å². The van der Waals surface area contributed by atoms with E-state index in [0.717, 1.165) is 28.6 Å². The zero-order chi connectivity index (χ0) is 21.9. The largest absolute Gasteiger partial charge is 0.416 e. The van der Waals surface area contributed by atoms with E-state index < -0.39 is 17.7 Å². The molecule has 0 saturated heterocycles. The maximum Gasteiger partial charge on any atom is 0.416 e. The number of aryl methyl sites for hydroxylation is 1. The standard InChI is InChI=1S/C23H26F3N3O/c1-28(2)12-11-27-22(30)14-19(16-7-6-8-17(13-16)23(24,25)26)20-15-29(3)21-10-5-4-9-18(20)21/h4-10,13,15,19H,11-12,14H2,1-3H3,(H,27,30). The number of nitrogens with one attached hydrogen (secondary N) is 1. The molecule has 7 heteroatoms. The third-order valence-electron chi connectivity index (χ3n) is 5.19. The molecule has 0 aliphatic heterocycles.